The molecule has 0 amide bonds. The molecule has 0 unspecified atom stereocenters. The molecule has 4 aromatic rings. The van der Waals surface area contributed by atoms with Gasteiger partial charge in [0, 0.05) is 24.6 Å². The van der Waals surface area contributed by atoms with E-state index in [0.717, 1.165) is 46.7 Å². The lowest BCUT2D eigenvalue weighted by atomic mass is 10.1. The molecule has 3 nitrogen and oxygen atoms in total. The summed E-state index contributed by atoms with van der Waals surface area (Å²) in [5.41, 5.74) is 11.8. The standard InChI is InChI=1S/C25H24N2O/c1-3-19-8-12-21(13-9-19)28-22-14-10-20(11-15-22)17-27-18(2)16-24(26)23-6-4-5-7-25(23)27/h4-16,26H,3,17H2,1-2H3/p+1. The number of fused-ring (bicyclic) bond motifs is 1. The van der Waals surface area contributed by atoms with Gasteiger partial charge in [0.05, 0.1) is 11.1 Å². The Hall–Kier alpha value is -3.33. The second-order valence-electron chi connectivity index (χ2n) is 7.09. The highest BCUT2D eigenvalue weighted by atomic mass is 16.5. The van der Waals surface area contributed by atoms with Crippen LogP contribution >= 0.6 is 0 Å². The molecule has 0 aliphatic heterocycles. The van der Waals surface area contributed by atoms with Crippen LogP contribution in [-0.4, -0.2) is 0 Å². The van der Waals surface area contributed by atoms with Crippen molar-refractivity contribution in [2.75, 3.05) is 5.73 Å². The zero-order chi connectivity index (χ0) is 19.5. The van der Waals surface area contributed by atoms with Gasteiger partial charge in [-0.05, 0) is 54.4 Å². The Bertz CT molecular complexity index is 1100. The number of nitrogens with zero attached hydrogens (tertiary/aromatic N) is 1. The Morgan fingerprint density at radius 2 is 1.43 bits per heavy atom. The quantitative estimate of drug-likeness (QED) is 0.477. The van der Waals surface area contributed by atoms with Gasteiger partial charge in [0.15, 0.2) is 12.2 Å². The third-order valence-electron chi connectivity index (χ3n) is 5.13. The number of anilines is 1. The summed E-state index contributed by atoms with van der Waals surface area (Å²) in [6, 6.07) is 26.9. The predicted octanol–water partition coefficient (Wildman–Crippen LogP) is 5.42. The summed E-state index contributed by atoms with van der Waals surface area (Å²) in [4.78, 5) is 0. The van der Waals surface area contributed by atoms with E-state index in [1.54, 1.807) is 0 Å². The summed E-state index contributed by atoms with van der Waals surface area (Å²) in [7, 11) is 0. The molecule has 0 radical (unpaired) electrons. The smallest absolute Gasteiger partial charge is 0.215 e. The molecule has 0 atom stereocenters. The van der Waals surface area contributed by atoms with Crippen LogP contribution in [0.2, 0.25) is 0 Å². The molecular weight excluding hydrogens is 344 g/mol. The molecule has 0 fully saturated rings. The lowest BCUT2D eigenvalue weighted by Crippen LogP contribution is -2.38. The number of aromatic nitrogens is 1. The van der Waals surface area contributed by atoms with Gasteiger partial charge in [-0.2, -0.15) is 4.57 Å². The van der Waals surface area contributed by atoms with Gasteiger partial charge in [-0.25, -0.2) is 0 Å². The van der Waals surface area contributed by atoms with Crippen molar-refractivity contribution in [1.82, 2.24) is 0 Å². The summed E-state index contributed by atoms with van der Waals surface area (Å²) in [5, 5.41) is 1.09. The van der Waals surface area contributed by atoms with E-state index in [-0.39, 0.29) is 0 Å². The molecule has 0 saturated heterocycles. The third-order valence-corrected chi connectivity index (χ3v) is 5.13. The highest BCUT2D eigenvalue weighted by molar-refractivity contribution is 5.87. The molecular formula is C25H25N2O+. The van der Waals surface area contributed by atoms with Gasteiger partial charge < -0.3 is 10.5 Å². The van der Waals surface area contributed by atoms with Crippen LogP contribution in [0.3, 0.4) is 0 Å². The van der Waals surface area contributed by atoms with E-state index in [0.29, 0.717) is 0 Å². The maximum absolute atomic E-state index is 6.20. The van der Waals surface area contributed by atoms with E-state index in [1.807, 2.05) is 36.4 Å². The first-order valence-corrected chi connectivity index (χ1v) is 9.67. The fourth-order valence-corrected chi connectivity index (χ4v) is 3.51. The van der Waals surface area contributed by atoms with Crippen molar-refractivity contribution in [1.29, 1.82) is 0 Å². The molecule has 0 aliphatic carbocycles. The van der Waals surface area contributed by atoms with Crippen LogP contribution in [0, 0.1) is 6.92 Å². The molecule has 3 heteroatoms. The van der Waals surface area contributed by atoms with Gasteiger partial charge in [0.1, 0.15) is 11.5 Å². The Kier molecular flexibility index (Phi) is 4.98. The number of hydrogen-bond acceptors (Lipinski definition) is 2. The Morgan fingerprint density at radius 1 is 0.821 bits per heavy atom. The number of nitrogens with two attached hydrogens (primary N) is 1. The van der Waals surface area contributed by atoms with Gasteiger partial charge in [-0.1, -0.05) is 31.2 Å². The molecule has 0 aliphatic rings. The Balaban J connectivity index is 1.56. The summed E-state index contributed by atoms with van der Waals surface area (Å²) < 4.78 is 8.27. The molecule has 2 N–H and O–H groups in total. The average molecular weight is 369 g/mol. The fraction of sp³-hybridized carbons (Fsp3) is 0.160. The molecule has 0 saturated carbocycles. The van der Waals surface area contributed by atoms with Crippen LogP contribution in [0.25, 0.3) is 10.9 Å². The molecule has 4 rings (SSSR count). The van der Waals surface area contributed by atoms with Crippen LogP contribution < -0.4 is 15.0 Å². The number of nitrogen functional groups attached to an aromatic ring is 1. The largest absolute Gasteiger partial charge is 0.457 e. The first-order valence-electron chi connectivity index (χ1n) is 9.67. The van der Waals surface area contributed by atoms with Crippen molar-refractivity contribution < 1.29 is 9.30 Å². The molecule has 0 spiro atoms. The van der Waals surface area contributed by atoms with E-state index < -0.39 is 0 Å². The van der Waals surface area contributed by atoms with Crippen LogP contribution in [-0.2, 0) is 13.0 Å². The zero-order valence-corrected chi connectivity index (χ0v) is 16.4. The molecule has 140 valence electrons. The lowest BCUT2D eigenvalue weighted by Gasteiger charge is -2.09. The van der Waals surface area contributed by atoms with Gasteiger partial charge in [0.2, 0.25) is 5.52 Å². The van der Waals surface area contributed by atoms with E-state index in [1.165, 1.54) is 11.1 Å². The summed E-state index contributed by atoms with van der Waals surface area (Å²) in [5.74, 6) is 1.71. The summed E-state index contributed by atoms with van der Waals surface area (Å²) >= 11 is 0. The molecule has 3 aromatic carbocycles. The monoisotopic (exact) mass is 369 g/mol. The average Bonchev–Trinajstić information content (AvgIpc) is 2.73. The second kappa shape index (κ2) is 7.73. The van der Waals surface area contributed by atoms with E-state index >= 15 is 0 Å². The lowest BCUT2D eigenvalue weighted by molar-refractivity contribution is -0.668. The van der Waals surface area contributed by atoms with Crippen molar-refractivity contribution in [3.05, 3.63) is 95.7 Å². The van der Waals surface area contributed by atoms with Crippen LogP contribution in [0.1, 0.15) is 23.7 Å². The van der Waals surface area contributed by atoms with Gasteiger partial charge in [-0.15, -0.1) is 0 Å². The number of rotatable bonds is 5. The molecule has 1 aromatic heterocycles. The number of pyridine rings is 1. The Morgan fingerprint density at radius 3 is 2.07 bits per heavy atom. The summed E-state index contributed by atoms with van der Waals surface area (Å²) in [6.45, 7) is 5.04. The van der Waals surface area contributed by atoms with Gasteiger partial charge in [-0.3, -0.25) is 0 Å². The van der Waals surface area contributed by atoms with Crippen LogP contribution in [0.15, 0.2) is 78.9 Å². The number of ether oxygens (including phenoxy) is 1. The van der Waals surface area contributed by atoms with Crippen molar-refractivity contribution >= 4 is 16.6 Å². The fourth-order valence-electron chi connectivity index (χ4n) is 3.51. The Labute approximate surface area is 166 Å². The maximum Gasteiger partial charge on any atom is 0.215 e. The van der Waals surface area contributed by atoms with E-state index in [4.69, 9.17) is 10.5 Å². The summed E-state index contributed by atoms with van der Waals surface area (Å²) in [6.07, 6.45) is 1.03. The first-order chi connectivity index (χ1) is 13.6. The normalized spacial score (nSPS) is 10.9. The van der Waals surface area contributed by atoms with Crippen molar-refractivity contribution in [2.24, 2.45) is 0 Å². The zero-order valence-electron chi connectivity index (χ0n) is 16.4. The topological polar surface area (TPSA) is 39.1 Å². The minimum absolute atomic E-state index is 0.790. The van der Waals surface area contributed by atoms with Crippen molar-refractivity contribution in [3.8, 4) is 11.5 Å². The number of para-hydroxylation sites is 1. The minimum Gasteiger partial charge on any atom is -0.457 e. The van der Waals surface area contributed by atoms with E-state index in [9.17, 15) is 0 Å². The second-order valence-corrected chi connectivity index (χ2v) is 7.09. The first kappa shape index (κ1) is 18.1. The third kappa shape index (κ3) is 3.70. The molecule has 1 heterocycles. The van der Waals surface area contributed by atoms with Crippen molar-refractivity contribution in [3.63, 3.8) is 0 Å². The van der Waals surface area contributed by atoms with Crippen molar-refractivity contribution in [2.45, 2.75) is 26.8 Å². The van der Waals surface area contributed by atoms with Crippen LogP contribution in [0.5, 0.6) is 11.5 Å². The predicted molar refractivity (Wildman–Crippen MR) is 115 cm³/mol. The SMILES string of the molecule is CCc1ccc(Oc2ccc(C[n+]3c(C)cc(N)c4ccccc43)cc2)cc1. The molecule has 28 heavy (non-hydrogen) atoms. The number of hydrogen-bond donors (Lipinski definition) is 1. The van der Waals surface area contributed by atoms with Gasteiger partial charge >= 0.3 is 0 Å². The maximum atomic E-state index is 6.20. The highest BCUT2D eigenvalue weighted by Crippen LogP contribution is 2.23. The number of benzene rings is 3. The highest BCUT2D eigenvalue weighted by Gasteiger charge is 2.15. The minimum atomic E-state index is 0.790. The van der Waals surface area contributed by atoms with E-state index in [2.05, 4.69) is 60.9 Å². The molecule has 0 bridgehead atoms. The number of aryl methyl sites for hydroxylation is 2. The van der Waals surface area contributed by atoms with Gasteiger partial charge in [0.25, 0.3) is 0 Å². The van der Waals surface area contributed by atoms with Crippen LogP contribution in [0.4, 0.5) is 5.69 Å².